The summed E-state index contributed by atoms with van der Waals surface area (Å²) in [6, 6.07) is 31.4. The van der Waals surface area contributed by atoms with Crippen LogP contribution in [0.4, 0.5) is 0 Å². The Morgan fingerprint density at radius 3 is 1.30 bits per heavy atom. The van der Waals surface area contributed by atoms with E-state index in [2.05, 4.69) is 103 Å². The van der Waals surface area contributed by atoms with Gasteiger partial charge in [-0.3, -0.25) is 0 Å². The summed E-state index contributed by atoms with van der Waals surface area (Å²) in [5.41, 5.74) is 3.75. The molecule has 0 fully saturated rings. The van der Waals surface area contributed by atoms with Crippen LogP contribution in [-0.2, 0) is 0 Å². The van der Waals surface area contributed by atoms with Crippen molar-refractivity contribution in [3.63, 3.8) is 0 Å². The van der Waals surface area contributed by atoms with Crippen molar-refractivity contribution < 1.29 is 0 Å². The lowest BCUT2D eigenvalue weighted by molar-refractivity contribution is 1.10. The van der Waals surface area contributed by atoms with E-state index in [-0.39, 0.29) is 5.92 Å². The van der Waals surface area contributed by atoms with Crippen LogP contribution < -0.4 is 0 Å². The second-order valence-corrected chi connectivity index (χ2v) is 5.48. The third-order valence-electron chi connectivity index (χ3n) is 3.78. The largest absolute Gasteiger partial charge is 0.0726 e. The van der Waals surface area contributed by atoms with E-state index in [4.69, 9.17) is 0 Å². The van der Waals surface area contributed by atoms with E-state index in [0.717, 1.165) is 0 Å². The molecule has 0 aromatic heterocycles. The lowest BCUT2D eigenvalue weighted by Gasteiger charge is -2.08. The molecule has 0 radical (unpaired) electrons. The molecule has 0 aliphatic carbocycles. The van der Waals surface area contributed by atoms with Crippen molar-refractivity contribution in [2.24, 2.45) is 0 Å². The maximum absolute atomic E-state index is 2.25. The van der Waals surface area contributed by atoms with Crippen LogP contribution in [0.3, 0.4) is 0 Å². The van der Waals surface area contributed by atoms with Gasteiger partial charge in [-0.1, -0.05) is 115 Å². The lowest BCUT2D eigenvalue weighted by atomic mass is 9.96. The van der Waals surface area contributed by atoms with Crippen LogP contribution in [0.25, 0.3) is 12.2 Å². The smallest absolute Gasteiger partial charge is 0.0205 e. The Morgan fingerprint density at radius 2 is 0.870 bits per heavy atom. The van der Waals surface area contributed by atoms with Crippen LogP contribution in [0.1, 0.15) is 22.6 Å². The van der Waals surface area contributed by atoms with Gasteiger partial charge in [-0.2, -0.15) is 0 Å². The Morgan fingerprint density at radius 1 is 0.478 bits per heavy atom. The molecule has 0 atom stereocenters. The summed E-state index contributed by atoms with van der Waals surface area (Å²) in [4.78, 5) is 0. The molecule has 0 bridgehead atoms. The molecule has 3 aromatic rings. The predicted octanol–water partition coefficient (Wildman–Crippen LogP) is 6.20. The molecule has 3 aromatic carbocycles. The van der Waals surface area contributed by atoms with Crippen LogP contribution in [0.15, 0.2) is 103 Å². The minimum absolute atomic E-state index is 0.261. The number of allylic oxidation sites excluding steroid dienone is 2. The second kappa shape index (κ2) is 7.95. The Balaban J connectivity index is 1.85. The van der Waals surface area contributed by atoms with Gasteiger partial charge >= 0.3 is 0 Å². The van der Waals surface area contributed by atoms with Gasteiger partial charge in [-0.15, -0.1) is 0 Å². The summed E-state index contributed by atoms with van der Waals surface area (Å²) < 4.78 is 0. The summed E-state index contributed by atoms with van der Waals surface area (Å²) in [5.74, 6) is 0.261. The zero-order chi connectivity index (χ0) is 15.7. The molecule has 0 spiro atoms. The first kappa shape index (κ1) is 15.1. The van der Waals surface area contributed by atoms with Crippen molar-refractivity contribution in [3.05, 3.63) is 120 Å². The monoisotopic (exact) mass is 296 g/mol. The fraction of sp³-hybridized carbons (Fsp3) is 0.0435. The van der Waals surface area contributed by atoms with Crippen LogP contribution in [0.5, 0.6) is 0 Å². The van der Waals surface area contributed by atoms with Crippen molar-refractivity contribution in [1.82, 2.24) is 0 Å². The van der Waals surface area contributed by atoms with E-state index in [9.17, 15) is 0 Å². The van der Waals surface area contributed by atoms with Crippen LogP contribution in [0, 0.1) is 0 Å². The molecular formula is C23H20. The molecule has 0 unspecified atom stereocenters. The maximum atomic E-state index is 2.25. The molecule has 0 heteroatoms. The normalized spacial score (nSPS) is 11.5. The molecule has 112 valence electrons. The van der Waals surface area contributed by atoms with Crippen LogP contribution >= 0.6 is 0 Å². The van der Waals surface area contributed by atoms with E-state index in [1.165, 1.54) is 16.7 Å². The minimum Gasteiger partial charge on any atom is -0.0726 e. The van der Waals surface area contributed by atoms with Gasteiger partial charge in [0.2, 0.25) is 0 Å². The average Bonchev–Trinajstić information content (AvgIpc) is 2.64. The third kappa shape index (κ3) is 4.55. The average molecular weight is 296 g/mol. The Kier molecular flexibility index (Phi) is 5.21. The molecule has 0 heterocycles. The van der Waals surface area contributed by atoms with E-state index in [1.807, 2.05) is 12.1 Å². The topological polar surface area (TPSA) is 0 Å². The maximum Gasteiger partial charge on any atom is 0.0205 e. The van der Waals surface area contributed by atoms with Crippen LogP contribution in [0.2, 0.25) is 0 Å². The van der Waals surface area contributed by atoms with E-state index in [1.54, 1.807) is 0 Å². The molecule has 0 saturated heterocycles. The Labute approximate surface area is 138 Å². The predicted molar refractivity (Wildman–Crippen MR) is 100 cm³/mol. The summed E-state index contributed by atoms with van der Waals surface area (Å²) in [6.07, 6.45) is 8.88. The van der Waals surface area contributed by atoms with Crippen LogP contribution in [-0.4, -0.2) is 0 Å². The van der Waals surface area contributed by atoms with E-state index < -0.39 is 0 Å². The first-order chi connectivity index (χ1) is 11.4. The van der Waals surface area contributed by atoms with Gasteiger partial charge in [0, 0.05) is 5.92 Å². The van der Waals surface area contributed by atoms with Crippen molar-refractivity contribution in [2.45, 2.75) is 5.92 Å². The van der Waals surface area contributed by atoms with Crippen molar-refractivity contribution in [3.8, 4) is 0 Å². The number of rotatable bonds is 5. The molecule has 0 saturated carbocycles. The SMILES string of the molecule is C(=C\C(/C=C/c1ccccc1)c1ccccc1)/c1ccccc1. The standard InChI is InChI=1S/C23H20/c1-4-10-20(11-5-1)16-18-23(22-14-8-3-9-15-22)19-17-21-12-6-2-7-13-21/h1-19,23H/b18-16+,19-17+. The van der Waals surface area contributed by atoms with Crippen molar-refractivity contribution in [2.75, 3.05) is 0 Å². The van der Waals surface area contributed by atoms with Crippen molar-refractivity contribution in [1.29, 1.82) is 0 Å². The van der Waals surface area contributed by atoms with Gasteiger partial charge in [0.15, 0.2) is 0 Å². The molecule has 0 amide bonds. The summed E-state index contributed by atoms with van der Waals surface area (Å²) in [6.45, 7) is 0. The summed E-state index contributed by atoms with van der Waals surface area (Å²) in [5, 5.41) is 0. The minimum atomic E-state index is 0.261. The second-order valence-electron chi connectivity index (χ2n) is 5.48. The fourth-order valence-electron chi connectivity index (χ4n) is 2.52. The first-order valence-corrected chi connectivity index (χ1v) is 7.93. The molecular weight excluding hydrogens is 276 g/mol. The summed E-state index contributed by atoms with van der Waals surface area (Å²) >= 11 is 0. The van der Waals surface area contributed by atoms with E-state index >= 15 is 0 Å². The lowest BCUT2D eigenvalue weighted by Crippen LogP contribution is -1.90. The van der Waals surface area contributed by atoms with Gasteiger partial charge in [0.25, 0.3) is 0 Å². The molecule has 0 aliphatic rings. The Hall–Kier alpha value is -2.86. The summed E-state index contributed by atoms with van der Waals surface area (Å²) in [7, 11) is 0. The zero-order valence-electron chi connectivity index (χ0n) is 13.0. The number of hydrogen-bond donors (Lipinski definition) is 0. The van der Waals surface area contributed by atoms with Gasteiger partial charge < -0.3 is 0 Å². The number of hydrogen-bond acceptors (Lipinski definition) is 0. The molecule has 0 nitrogen and oxygen atoms in total. The molecule has 3 rings (SSSR count). The highest BCUT2D eigenvalue weighted by Gasteiger charge is 2.03. The third-order valence-corrected chi connectivity index (χ3v) is 3.78. The highest BCUT2D eigenvalue weighted by Crippen LogP contribution is 2.21. The fourth-order valence-corrected chi connectivity index (χ4v) is 2.52. The molecule has 0 N–H and O–H groups in total. The van der Waals surface area contributed by atoms with Gasteiger partial charge in [-0.25, -0.2) is 0 Å². The first-order valence-electron chi connectivity index (χ1n) is 7.93. The van der Waals surface area contributed by atoms with Gasteiger partial charge in [0.05, 0.1) is 0 Å². The van der Waals surface area contributed by atoms with Gasteiger partial charge in [0.1, 0.15) is 0 Å². The van der Waals surface area contributed by atoms with Gasteiger partial charge in [-0.05, 0) is 16.7 Å². The van der Waals surface area contributed by atoms with Crippen molar-refractivity contribution >= 4 is 12.2 Å². The molecule has 23 heavy (non-hydrogen) atoms. The number of benzene rings is 3. The highest BCUT2D eigenvalue weighted by molar-refractivity contribution is 5.55. The quantitative estimate of drug-likeness (QED) is 0.526. The van der Waals surface area contributed by atoms with E-state index in [0.29, 0.717) is 0 Å². The molecule has 0 aliphatic heterocycles. The highest BCUT2D eigenvalue weighted by atomic mass is 14.1. The Bertz CT molecular complexity index is 703. The zero-order valence-corrected chi connectivity index (χ0v) is 13.0.